The first-order chi connectivity index (χ1) is 14.8. The van der Waals surface area contributed by atoms with Crippen molar-refractivity contribution in [2.45, 2.75) is 31.2 Å². The second-order valence-corrected chi connectivity index (χ2v) is 9.95. The van der Waals surface area contributed by atoms with Crippen LogP contribution in [0.15, 0.2) is 71.6 Å². The molecule has 0 radical (unpaired) electrons. The van der Waals surface area contributed by atoms with Gasteiger partial charge < -0.3 is 5.32 Å². The molecule has 0 bridgehead atoms. The average molecular weight is 455 g/mol. The fourth-order valence-corrected chi connectivity index (χ4v) is 5.46. The third-order valence-corrected chi connectivity index (χ3v) is 7.43. The molecule has 0 saturated carbocycles. The van der Waals surface area contributed by atoms with E-state index in [1.807, 2.05) is 31.2 Å². The van der Waals surface area contributed by atoms with Crippen LogP contribution in [0.5, 0.6) is 0 Å². The lowest BCUT2D eigenvalue weighted by molar-refractivity contribution is 0.0951. The summed E-state index contributed by atoms with van der Waals surface area (Å²) in [6, 6.07) is 19.4. The van der Waals surface area contributed by atoms with Gasteiger partial charge in [-0.1, -0.05) is 41.4 Å². The van der Waals surface area contributed by atoms with E-state index in [0.29, 0.717) is 35.8 Å². The summed E-state index contributed by atoms with van der Waals surface area (Å²) in [4.78, 5) is 12.9. The third-order valence-electron chi connectivity index (χ3n) is 5.35. The van der Waals surface area contributed by atoms with E-state index in [1.54, 1.807) is 30.3 Å². The monoisotopic (exact) mass is 454 g/mol. The van der Waals surface area contributed by atoms with Crippen molar-refractivity contribution in [1.29, 1.82) is 0 Å². The topological polar surface area (TPSA) is 66.5 Å². The van der Waals surface area contributed by atoms with E-state index in [1.165, 1.54) is 16.4 Å². The van der Waals surface area contributed by atoms with Gasteiger partial charge in [-0.05, 0) is 73.4 Å². The first-order valence-electron chi connectivity index (χ1n) is 10.1. The number of nitrogens with zero attached hydrogens (tertiary/aromatic N) is 1. The van der Waals surface area contributed by atoms with Gasteiger partial charge in [-0.2, -0.15) is 0 Å². The number of amides is 1. The van der Waals surface area contributed by atoms with E-state index in [4.69, 9.17) is 11.6 Å². The molecule has 160 valence electrons. The highest BCUT2D eigenvalue weighted by Gasteiger charge is 2.29. The number of carbonyl (C=O) groups is 1. The average Bonchev–Trinajstić information content (AvgIpc) is 2.77. The SMILES string of the molecule is Cc1cccc(CNC(=O)c2ccc3c(c2)CCCN3S(=O)(=O)c2ccc(Cl)cc2)c1. The maximum atomic E-state index is 13.2. The highest BCUT2D eigenvalue weighted by molar-refractivity contribution is 7.92. The van der Waals surface area contributed by atoms with E-state index >= 15 is 0 Å². The molecule has 5 nitrogen and oxygen atoms in total. The number of carbonyl (C=O) groups excluding carboxylic acids is 1. The number of halogens is 1. The van der Waals surface area contributed by atoms with Crippen LogP contribution in [0.1, 0.15) is 33.5 Å². The third kappa shape index (κ3) is 4.60. The normalized spacial score (nSPS) is 13.5. The van der Waals surface area contributed by atoms with Crippen molar-refractivity contribution in [3.8, 4) is 0 Å². The number of benzene rings is 3. The van der Waals surface area contributed by atoms with Crippen LogP contribution in [0.3, 0.4) is 0 Å². The Bertz CT molecular complexity index is 1220. The van der Waals surface area contributed by atoms with Crippen molar-refractivity contribution < 1.29 is 13.2 Å². The van der Waals surface area contributed by atoms with Crippen LogP contribution in [0, 0.1) is 6.92 Å². The molecule has 0 saturated heterocycles. The predicted octanol–water partition coefficient (Wildman–Crippen LogP) is 4.72. The van der Waals surface area contributed by atoms with Gasteiger partial charge in [-0.3, -0.25) is 9.10 Å². The van der Waals surface area contributed by atoms with E-state index in [2.05, 4.69) is 5.32 Å². The minimum absolute atomic E-state index is 0.179. The van der Waals surface area contributed by atoms with Crippen LogP contribution in [0.4, 0.5) is 5.69 Å². The van der Waals surface area contributed by atoms with Crippen molar-refractivity contribution in [2.24, 2.45) is 0 Å². The molecular weight excluding hydrogens is 432 g/mol. The van der Waals surface area contributed by atoms with Crippen LogP contribution in [-0.4, -0.2) is 20.9 Å². The number of hydrogen-bond acceptors (Lipinski definition) is 3. The Morgan fingerprint density at radius 2 is 1.84 bits per heavy atom. The summed E-state index contributed by atoms with van der Waals surface area (Å²) in [5.41, 5.74) is 4.18. The van der Waals surface area contributed by atoms with Gasteiger partial charge in [0.1, 0.15) is 0 Å². The van der Waals surface area contributed by atoms with Crippen molar-refractivity contribution >= 4 is 33.2 Å². The second-order valence-electron chi connectivity index (χ2n) is 7.65. The molecule has 3 aromatic rings. The quantitative estimate of drug-likeness (QED) is 0.606. The molecule has 0 aliphatic carbocycles. The van der Waals surface area contributed by atoms with Crippen molar-refractivity contribution in [3.63, 3.8) is 0 Å². The van der Waals surface area contributed by atoms with Crippen LogP contribution in [0.2, 0.25) is 5.02 Å². The van der Waals surface area contributed by atoms with E-state index < -0.39 is 10.0 Å². The Morgan fingerprint density at radius 1 is 1.06 bits per heavy atom. The van der Waals surface area contributed by atoms with Gasteiger partial charge >= 0.3 is 0 Å². The lowest BCUT2D eigenvalue weighted by atomic mass is 10.0. The number of sulfonamides is 1. The molecule has 1 amide bonds. The highest BCUT2D eigenvalue weighted by Crippen LogP contribution is 2.33. The number of rotatable bonds is 5. The van der Waals surface area contributed by atoms with Crippen LogP contribution >= 0.6 is 11.6 Å². The number of aryl methyl sites for hydroxylation is 2. The zero-order valence-corrected chi connectivity index (χ0v) is 18.7. The maximum Gasteiger partial charge on any atom is 0.264 e. The van der Waals surface area contributed by atoms with E-state index in [9.17, 15) is 13.2 Å². The number of fused-ring (bicyclic) bond motifs is 1. The lowest BCUT2D eigenvalue weighted by Crippen LogP contribution is -2.35. The molecule has 1 aliphatic rings. The Balaban J connectivity index is 1.55. The summed E-state index contributed by atoms with van der Waals surface area (Å²) in [7, 11) is -3.70. The van der Waals surface area contributed by atoms with Crippen molar-refractivity contribution in [1.82, 2.24) is 5.32 Å². The summed E-state index contributed by atoms with van der Waals surface area (Å²) >= 11 is 5.90. The maximum absolute atomic E-state index is 13.2. The van der Waals surface area contributed by atoms with Gasteiger partial charge in [0.25, 0.3) is 15.9 Å². The minimum atomic E-state index is -3.70. The molecule has 31 heavy (non-hydrogen) atoms. The van der Waals surface area contributed by atoms with Crippen molar-refractivity contribution in [3.05, 3.63) is 94.0 Å². The van der Waals surface area contributed by atoms with Crippen LogP contribution in [-0.2, 0) is 23.0 Å². The number of nitrogens with one attached hydrogen (secondary N) is 1. The smallest absolute Gasteiger partial charge is 0.264 e. The molecular formula is C24H23ClN2O3S. The lowest BCUT2D eigenvalue weighted by Gasteiger charge is -2.30. The fraction of sp³-hybridized carbons (Fsp3) is 0.208. The zero-order valence-electron chi connectivity index (χ0n) is 17.1. The molecule has 0 atom stereocenters. The summed E-state index contributed by atoms with van der Waals surface area (Å²) in [6.45, 7) is 2.85. The summed E-state index contributed by atoms with van der Waals surface area (Å²) in [6.07, 6.45) is 1.41. The minimum Gasteiger partial charge on any atom is -0.348 e. The molecule has 1 N–H and O–H groups in total. The molecule has 0 unspecified atom stereocenters. The Hall–Kier alpha value is -2.83. The molecule has 0 aromatic heterocycles. The predicted molar refractivity (Wildman–Crippen MR) is 123 cm³/mol. The van der Waals surface area contributed by atoms with Crippen molar-refractivity contribution in [2.75, 3.05) is 10.8 Å². The number of anilines is 1. The van der Waals surface area contributed by atoms with Crippen LogP contribution in [0.25, 0.3) is 0 Å². The Labute approximate surface area is 187 Å². The molecule has 1 aliphatic heterocycles. The first-order valence-corrected chi connectivity index (χ1v) is 11.9. The molecule has 1 heterocycles. The van der Waals surface area contributed by atoms with Gasteiger partial charge in [-0.15, -0.1) is 0 Å². The van der Waals surface area contributed by atoms with Gasteiger partial charge in [-0.25, -0.2) is 8.42 Å². The molecule has 0 spiro atoms. The van der Waals surface area contributed by atoms with Crippen LogP contribution < -0.4 is 9.62 Å². The number of hydrogen-bond donors (Lipinski definition) is 1. The molecule has 3 aromatic carbocycles. The second kappa shape index (κ2) is 8.73. The molecule has 7 heteroatoms. The highest BCUT2D eigenvalue weighted by atomic mass is 35.5. The van der Waals surface area contributed by atoms with E-state index in [0.717, 1.165) is 23.1 Å². The van der Waals surface area contributed by atoms with Gasteiger partial charge in [0.15, 0.2) is 0 Å². The zero-order chi connectivity index (χ0) is 22.0. The molecule has 4 rings (SSSR count). The Kier molecular flexibility index (Phi) is 6.03. The van der Waals surface area contributed by atoms with Gasteiger partial charge in [0.05, 0.1) is 10.6 Å². The summed E-state index contributed by atoms with van der Waals surface area (Å²) in [5.74, 6) is -0.179. The molecule has 0 fully saturated rings. The standard InChI is InChI=1S/C24H23ClN2O3S/c1-17-4-2-5-18(14-17)16-26-24(28)20-7-12-23-19(15-20)6-3-13-27(23)31(29,30)22-10-8-21(25)9-11-22/h2,4-5,7-12,14-15H,3,6,13,16H2,1H3,(H,26,28). The Morgan fingerprint density at radius 3 is 2.58 bits per heavy atom. The van der Waals surface area contributed by atoms with E-state index in [-0.39, 0.29) is 10.8 Å². The summed E-state index contributed by atoms with van der Waals surface area (Å²) in [5, 5.41) is 3.42. The fourth-order valence-electron chi connectivity index (χ4n) is 3.79. The van der Waals surface area contributed by atoms with Gasteiger partial charge in [0.2, 0.25) is 0 Å². The summed E-state index contributed by atoms with van der Waals surface area (Å²) < 4.78 is 27.8. The first kappa shape index (κ1) is 21.4. The van der Waals surface area contributed by atoms with Gasteiger partial charge in [0, 0.05) is 23.7 Å². The largest absolute Gasteiger partial charge is 0.348 e.